The fourth-order valence-corrected chi connectivity index (χ4v) is 11.5. The summed E-state index contributed by atoms with van der Waals surface area (Å²) in [4.78, 5) is 2.74. The fraction of sp³-hybridized carbons (Fsp3) is 0.493. The van der Waals surface area contributed by atoms with Crippen molar-refractivity contribution in [3.8, 4) is 0 Å². The molecule has 8 rings (SSSR count). The maximum atomic E-state index is 7.35. The Morgan fingerprint density at radius 2 is 0.874 bits per heavy atom. The monoisotopic (exact) mass is 1180 g/mol. The van der Waals surface area contributed by atoms with Crippen molar-refractivity contribution >= 4 is 0 Å². The quantitative estimate of drug-likeness (QED) is 0.0341. The van der Waals surface area contributed by atoms with Gasteiger partial charge in [0.05, 0.1) is 64.7 Å². The van der Waals surface area contributed by atoms with Crippen LogP contribution in [-0.2, 0) is 84.0 Å². The Kier molecular flexibility index (Phi) is 30.7. The Morgan fingerprint density at radius 1 is 0.448 bits per heavy atom. The topological polar surface area (TPSA) is 108 Å². The first kappa shape index (κ1) is 67.0. The molecule has 1 aliphatic heterocycles. The highest BCUT2D eigenvalue weighted by Gasteiger charge is 2.50. The van der Waals surface area contributed by atoms with Gasteiger partial charge in [-0.25, -0.2) is 4.68 Å². The van der Waals surface area contributed by atoms with Gasteiger partial charge in [-0.1, -0.05) is 266 Å². The minimum atomic E-state index is -0.964. The van der Waals surface area contributed by atoms with Gasteiger partial charge in [-0.05, 0) is 91.5 Å². The molecule has 1 aromatic heterocycles. The van der Waals surface area contributed by atoms with Crippen LogP contribution < -0.4 is 0 Å². The van der Waals surface area contributed by atoms with Crippen LogP contribution in [0.4, 0.5) is 0 Å². The third kappa shape index (κ3) is 23.9. The standard InChI is InChI=1S/C75H100N4O8/c1-4-7-9-11-33-49-78(50-34-12-10-8-5-2)51-35-19-32-48-67-52-79(77-76-67)68(71(82-55-63-40-24-15-25-41-63)69(6-3)81-54-62-38-22-14-23-39-62)59-86-75-74(85-58-66-46-30-18-31-47-66)73(84-57-65-44-28-17-29-45-65)72(83-56-64-42-26-16-27-43-64)70(87-75)60-80-53-61-36-20-13-21-37-61/h13-18,20-31,36-47,52,68-75H,4-12,19,32-35,48-51,53-60H2,1-3H3/t68-,69+,70?,71-,72?,73?,74?,75?/m0/s1. The zero-order chi connectivity index (χ0) is 60.2. The second-order valence-electron chi connectivity index (χ2n) is 23.4. The molecule has 0 N–H and O–H groups in total. The summed E-state index contributed by atoms with van der Waals surface area (Å²) in [6.45, 7) is 12.7. The van der Waals surface area contributed by atoms with Gasteiger partial charge in [0, 0.05) is 6.20 Å². The number of rotatable bonds is 44. The van der Waals surface area contributed by atoms with Crippen LogP contribution in [0, 0.1) is 0 Å². The minimum Gasteiger partial charge on any atom is -0.374 e. The van der Waals surface area contributed by atoms with Gasteiger partial charge in [0.25, 0.3) is 0 Å². The molecule has 1 aliphatic rings. The van der Waals surface area contributed by atoms with Crippen LogP contribution in [0.25, 0.3) is 0 Å². The van der Waals surface area contributed by atoms with E-state index in [1.54, 1.807) is 0 Å². The van der Waals surface area contributed by atoms with Gasteiger partial charge >= 0.3 is 0 Å². The number of ether oxygens (including phenoxy) is 8. The van der Waals surface area contributed by atoms with E-state index < -0.39 is 42.9 Å². The zero-order valence-electron chi connectivity index (χ0n) is 52.5. The highest BCUT2D eigenvalue weighted by atomic mass is 16.7. The summed E-state index contributed by atoms with van der Waals surface area (Å²) in [5.41, 5.74) is 7.17. The first-order valence-corrected chi connectivity index (χ1v) is 32.9. The number of benzene rings is 6. The summed E-state index contributed by atoms with van der Waals surface area (Å²) in [5.74, 6) is 0. The lowest BCUT2D eigenvalue weighted by Crippen LogP contribution is -2.62. The van der Waals surface area contributed by atoms with Crippen molar-refractivity contribution in [2.24, 2.45) is 0 Å². The van der Waals surface area contributed by atoms with Gasteiger partial charge in [-0.15, -0.1) is 5.10 Å². The summed E-state index contributed by atoms with van der Waals surface area (Å²) in [7, 11) is 0. The number of hydrogen-bond acceptors (Lipinski definition) is 11. The first-order valence-electron chi connectivity index (χ1n) is 32.9. The van der Waals surface area contributed by atoms with Crippen molar-refractivity contribution in [3.63, 3.8) is 0 Å². The molecule has 0 bridgehead atoms. The fourth-order valence-electron chi connectivity index (χ4n) is 11.5. The number of aryl methyl sites for hydroxylation is 1. The summed E-state index contributed by atoms with van der Waals surface area (Å²) < 4.78 is 58.5. The van der Waals surface area contributed by atoms with Gasteiger partial charge in [0.15, 0.2) is 6.29 Å². The van der Waals surface area contributed by atoms with Crippen LogP contribution in [0.3, 0.4) is 0 Å². The van der Waals surface area contributed by atoms with Crippen LogP contribution in [-0.4, -0.2) is 95.7 Å². The molecule has 12 nitrogen and oxygen atoms in total. The molecule has 468 valence electrons. The van der Waals surface area contributed by atoms with Crippen molar-refractivity contribution in [2.75, 3.05) is 32.8 Å². The number of unbranched alkanes of at least 4 members (excludes halogenated alkanes) is 10. The summed E-state index contributed by atoms with van der Waals surface area (Å²) in [6.07, 6.45) is 15.4. The van der Waals surface area contributed by atoms with Crippen molar-refractivity contribution < 1.29 is 37.9 Å². The average molecular weight is 1190 g/mol. The second-order valence-corrected chi connectivity index (χ2v) is 23.4. The molecular weight excluding hydrogens is 1080 g/mol. The third-order valence-electron chi connectivity index (χ3n) is 16.5. The van der Waals surface area contributed by atoms with Crippen LogP contribution in [0.5, 0.6) is 0 Å². The van der Waals surface area contributed by atoms with Crippen LogP contribution in [0.15, 0.2) is 188 Å². The smallest absolute Gasteiger partial charge is 0.187 e. The Labute approximate surface area is 521 Å². The molecule has 2 heterocycles. The molecule has 6 aromatic carbocycles. The summed E-state index contributed by atoms with van der Waals surface area (Å²) >= 11 is 0. The predicted molar refractivity (Wildman–Crippen MR) is 347 cm³/mol. The number of hydrogen-bond donors (Lipinski definition) is 0. The molecular formula is C75H100N4O8. The SMILES string of the molecule is CCCCCCCN(CCCCCCC)CCCCCc1cn([C@@H](COC2OC(COCc3ccccc3)C(OCc3ccccc3)C(OCc3ccccc3)C2OCc2ccccc2)[C@H](OCc2ccccc2)[C@@H](CC)OCc2ccccc2)nn1. The molecule has 5 unspecified atom stereocenters. The lowest BCUT2D eigenvalue weighted by Gasteiger charge is -2.46. The Balaban J connectivity index is 1.09. The normalized spacial score (nSPS) is 18.0. The van der Waals surface area contributed by atoms with E-state index in [1.807, 2.05) is 114 Å². The molecule has 87 heavy (non-hydrogen) atoms. The summed E-state index contributed by atoms with van der Waals surface area (Å²) in [6, 6.07) is 60.9. The average Bonchev–Trinajstić information content (AvgIpc) is 3.10. The minimum absolute atomic E-state index is 0.106. The lowest BCUT2D eigenvalue weighted by atomic mass is 9.97. The van der Waals surface area contributed by atoms with Crippen molar-refractivity contribution in [1.29, 1.82) is 0 Å². The molecule has 0 saturated carbocycles. The molecule has 0 radical (unpaired) electrons. The van der Waals surface area contributed by atoms with Gasteiger partial charge < -0.3 is 42.8 Å². The van der Waals surface area contributed by atoms with E-state index in [1.165, 1.54) is 83.7 Å². The van der Waals surface area contributed by atoms with Gasteiger partial charge in [0.2, 0.25) is 0 Å². The maximum Gasteiger partial charge on any atom is 0.187 e. The van der Waals surface area contributed by atoms with E-state index in [0.717, 1.165) is 64.9 Å². The van der Waals surface area contributed by atoms with Gasteiger partial charge in [-0.3, -0.25) is 0 Å². The van der Waals surface area contributed by atoms with Crippen LogP contribution in [0.1, 0.15) is 156 Å². The molecule has 12 heteroatoms. The second kappa shape index (κ2) is 39.9. The third-order valence-corrected chi connectivity index (χ3v) is 16.5. The Morgan fingerprint density at radius 3 is 1.36 bits per heavy atom. The molecule has 1 saturated heterocycles. The van der Waals surface area contributed by atoms with E-state index >= 15 is 0 Å². The maximum absolute atomic E-state index is 7.35. The lowest BCUT2D eigenvalue weighted by molar-refractivity contribution is -0.331. The molecule has 0 spiro atoms. The Bertz CT molecular complexity index is 2790. The number of nitrogens with zero attached hydrogens (tertiary/aromatic N) is 4. The molecule has 0 aliphatic carbocycles. The highest BCUT2D eigenvalue weighted by molar-refractivity contribution is 5.18. The largest absolute Gasteiger partial charge is 0.374 e. The predicted octanol–water partition coefficient (Wildman–Crippen LogP) is 16.1. The van der Waals surface area contributed by atoms with Crippen LogP contribution >= 0.6 is 0 Å². The van der Waals surface area contributed by atoms with E-state index in [-0.39, 0.29) is 25.9 Å². The van der Waals surface area contributed by atoms with Gasteiger partial charge in [0.1, 0.15) is 36.6 Å². The molecule has 7 aromatic rings. The van der Waals surface area contributed by atoms with Gasteiger partial charge in [-0.2, -0.15) is 0 Å². The molecule has 1 fully saturated rings. The van der Waals surface area contributed by atoms with E-state index in [0.29, 0.717) is 39.5 Å². The van der Waals surface area contributed by atoms with E-state index in [9.17, 15) is 0 Å². The van der Waals surface area contributed by atoms with Crippen LogP contribution in [0.2, 0.25) is 0 Å². The van der Waals surface area contributed by atoms with Crippen molar-refractivity contribution in [1.82, 2.24) is 19.9 Å². The number of aromatic nitrogens is 3. The zero-order valence-corrected chi connectivity index (χ0v) is 52.5. The molecule has 0 amide bonds. The van der Waals surface area contributed by atoms with E-state index in [2.05, 4.69) is 105 Å². The Hall–Kier alpha value is -5.90. The van der Waals surface area contributed by atoms with E-state index in [4.69, 9.17) is 48.2 Å². The highest BCUT2D eigenvalue weighted by Crippen LogP contribution is 2.34. The van der Waals surface area contributed by atoms with Crippen molar-refractivity contribution in [2.45, 2.75) is 206 Å². The first-order chi connectivity index (χ1) is 43.1. The summed E-state index contributed by atoms with van der Waals surface area (Å²) in [5, 5.41) is 9.84. The molecule has 8 atom stereocenters. The van der Waals surface area contributed by atoms with Crippen molar-refractivity contribution in [3.05, 3.63) is 227 Å².